The van der Waals surface area contributed by atoms with Gasteiger partial charge in [0.15, 0.2) is 0 Å². The molecule has 8 heavy (non-hydrogen) atoms. The van der Waals surface area contributed by atoms with Crippen LogP contribution < -0.4 is 5.48 Å². The zero-order valence-corrected chi connectivity index (χ0v) is 5.44. The zero-order chi connectivity index (χ0) is 6.62. The van der Waals surface area contributed by atoms with E-state index in [9.17, 15) is 0 Å². The number of nitrogens with one attached hydrogen (secondary N) is 1. The highest BCUT2D eigenvalue weighted by Crippen LogP contribution is 2.05. The molecular weight excluding hydrogens is 102 g/mol. The van der Waals surface area contributed by atoms with Crippen LogP contribution in [0.2, 0.25) is 0 Å². The first-order valence-corrected chi connectivity index (χ1v) is 2.64. The Hall–Kier alpha value is -0.340. The molecule has 0 aliphatic rings. The second kappa shape index (κ2) is 2.84. The van der Waals surface area contributed by atoms with E-state index in [0.717, 1.165) is 6.42 Å². The lowest BCUT2D eigenvalue weighted by Gasteiger charge is -2.19. The standard InChI is InChI=1S/C6H13NO/c1-4-5-6(2,3)7-8/h4,7-8H,1,5H2,2-3H3. The van der Waals surface area contributed by atoms with Crippen LogP contribution in [-0.2, 0) is 0 Å². The van der Waals surface area contributed by atoms with Crippen LogP contribution in [0.4, 0.5) is 0 Å². The van der Waals surface area contributed by atoms with Gasteiger partial charge in [0.25, 0.3) is 0 Å². The second-order valence-electron chi connectivity index (χ2n) is 2.49. The summed E-state index contributed by atoms with van der Waals surface area (Å²) in [5.74, 6) is 0. The Morgan fingerprint density at radius 3 is 2.38 bits per heavy atom. The minimum Gasteiger partial charge on any atom is -0.316 e. The van der Waals surface area contributed by atoms with Crippen molar-refractivity contribution in [3.63, 3.8) is 0 Å². The zero-order valence-electron chi connectivity index (χ0n) is 5.44. The number of hydrogen-bond donors (Lipinski definition) is 2. The third-order valence-corrected chi connectivity index (χ3v) is 0.957. The average molecular weight is 115 g/mol. The molecule has 0 aliphatic heterocycles. The summed E-state index contributed by atoms with van der Waals surface area (Å²) in [5.41, 5.74) is 1.95. The van der Waals surface area contributed by atoms with Crippen LogP contribution in [-0.4, -0.2) is 10.7 Å². The Bertz CT molecular complexity index is 78.6. The molecule has 0 saturated heterocycles. The average Bonchev–Trinajstić information content (AvgIpc) is 1.67. The van der Waals surface area contributed by atoms with Crippen molar-refractivity contribution in [3.05, 3.63) is 12.7 Å². The predicted octanol–water partition coefficient (Wildman–Crippen LogP) is 1.32. The van der Waals surface area contributed by atoms with Crippen LogP contribution in [0.25, 0.3) is 0 Å². The molecule has 0 aromatic rings. The van der Waals surface area contributed by atoms with Crippen molar-refractivity contribution >= 4 is 0 Å². The smallest absolute Gasteiger partial charge is 0.0408 e. The molecule has 0 amide bonds. The molecule has 0 aromatic carbocycles. The van der Waals surface area contributed by atoms with Gasteiger partial charge in [0, 0.05) is 5.54 Å². The minimum atomic E-state index is -0.220. The van der Waals surface area contributed by atoms with Crippen molar-refractivity contribution in [3.8, 4) is 0 Å². The van der Waals surface area contributed by atoms with Crippen LogP contribution in [0.5, 0.6) is 0 Å². The summed E-state index contributed by atoms with van der Waals surface area (Å²) in [6.07, 6.45) is 2.53. The van der Waals surface area contributed by atoms with E-state index in [1.165, 1.54) is 0 Å². The molecule has 2 heteroatoms. The third kappa shape index (κ3) is 2.77. The highest BCUT2D eigenvalue weighted by molar-refractivity contribution is 4.82. The first-order valence-electron chi connectivity index (χ1n) is 2.64. The SMILES string of the molecule is C=CCC(C)(C)NO. The van der Waals surface area contributed by atoms with Gasteiger partial charge in [0.2, 0.25) is 0 Å². The second-order valence-corrected chi connectivity index (χ2v) is 2.49. The molecule has 0 atom stereocenters. The topological polar surface area (TPSA) is 32.3 Å². The largest absolute Gasteiger partial charge is 0.316 e. The highest BCUT2D eigenvalue weighted by atomic mass is 16.5. The molecule has 48 valence electrons. The van der Waals surface area contributed by atoms with Crippen molar-refractivity contribution in [1.29, 1.82) is 0 Å². The molecule has 0 aliphatic carbocycles. The number of rotatable bonds is 3. The Labute approximate surface area is 50.2 Å². The number of hydroxylamine groups is 1. The first kappa shape index (κ1) is 7.66. The lowest BCUT2D eigenvalue weighted by Crippen LogP contribution is -2.35. The fourth-order valence-electron chi connectivity index (χ4n) is 0.406. The molecule has 0 saturated carbocycles. The first-order chi connectivity index (χ1) is 3.62. The van der Waals surface area contributed by atoms with Gasteiger partial charge in [-0.15, -0.1) is 6.58 Å². The van der Waals surface area contributed by atoms with Gasteiger partial charge in [-0.05, 0) is 20.3 Å². The lowest BCUT2D eigenvalue weighted by molar-refractivity contribution is 0.0832. The van der Waals surface area contributed by atoms with E-state index >= 15 is 0 Å². The molecule has 0 fully saturated rings. The normalized spacial score (nSPS) is 11.4. The van der Waals surface area contributed by atoms with Crippen molar-refractivity contribution in [1.82, 2.24) is 5.48 Å². The van der Waals surface area contributed by atoms with E-state index in [2.05, 4.69) is 12.1 Å². The van der Waals surface area contributed by atoms with Crippen molar-refractivity contribution in [2.75, 3.05) is 0 Å². The van der Waals surface area contributed by atoms with Gasteiger partial charge in [-0.2, -0.15) is 5.48 Å². The molecule has 2 N–H and O–H groups in total. The van der Waals surface area contributed by atoms with E-state index in [1.807, 2.05) is 13.8 Å². The molecule has 0 radical (unpaired) electrons. The molecule has 0 rings (SSSR count). The van der Waals surface area contributed by atoms with Gasteiger partial charge >= 0.3 is 0 Å². The van der Waals surface area contributed by atoms with Crippen molar-refractivity contribution < 1.29 is 5.21 Å². The summed E-state index contributed by atoms with van der Waals surface area (Å²) in [4.78, 5) is 0. The summed E-state index contributed by atoms with van der Waals surface area (Å²) >= 11 is 0. The van der Waals surface area contributed by atoms with Crippen LogP contribution in [0.1, 0.15) is 20.3 Å². The summed E-state index contributed by atoms with van der Waals surface area (Å²) in [6.45, 7) is 7.34. The third-order valence-electron chi connectivity index (χ3n) is 0.957. The van der Waals surface area contributed by atoms with Gasteiger partial charge in [-0.3, -0.25) is 0 Å². The van der Waals surface area contributed by atoms with Gasteiger partial charge < -0.3 is 5.21 Å². The Morgan fingerprint density at radius 2 is 2.25 bits per heavy atom. The molecule has 0 unspecified atom stereocenters. The summed E-state index contributed by atoms with van der Waals surface area (Å²) in [5, 5.41) is 8.43. The molecule has 0 spiro atoms. The van der Waals surface area contributed by atoms with Crippen LogP contribution in [0.15, 0.2) is 12.7 Å². The van der Waals surface area contributed by atoms with Crippen LogP contribution in [0.3, 0.4) is 0 Å². The van der Waals surface area contributed by atoms with E-state index in [-0.39, 0.29) is 5.54 Å². The highest BCUT2D eigenvalue weighted by Gasteiger charge is 2.11. The molecular formula is C6H13NO. The maximum absolute atomic E-state index is 8.43. The fourth-order valence-corrected chi connectivity index (χ4v) is 0.406. The van der Waals surface area contributed by atoms with Crippen molar-refractivity contribution in [2.45, 2.75) is 25.8 Å². The predicted molar refractivity (Wildman–Crippen MR) is 33.8 cm³/mol. The quantitative estimate of drug-likeness (QED) is 0.429. The van der Waals surface area contributed by atoms with Crippen LogP contribution >= 0.6 is 0 Å². The Balaban J connectivity index is 3.53. The molecule has 2 nitrogen and oxygen atoms in total. The lowest BCUT2D eigenvalue weighted by atomic mass is 10.0. The van der Waals surface area contributed by atoms with Crippen LogP contribution in [0, 0.1) is 0 Å². The van der Waals surface area contributed by atoms with E-state index < -0.39 is 0 Å². The van der Waals surface area contributed by atoms with E-state index in [1.54, 1.807) is 6.08 Å². The van der Waals surface area contributed by atoms with Crippen molar-refractivity contribution in [2.24, 2.45) is 0 Å². The molecule has 0 aromatic heterocycles. The fraction of sp³-hybridized carbons (Fsp3) is 0.667. The molecule has 0 bridgehead atoms. The Kier molecular flexibility index (Phi) is 2.72. The molecule has 0 heterocycles. The van der Waals surface area contributed by atoms with Gasteiger partial charge in [0.1, 0.15) is 0 Å². The van der Waals surface area contributed by atoms with Gasteiger partial charge in [0.05, 0.1) is 0 Å². The monoisotopic (exact) mass is 115 g/mol. The maximum atomic E-state index is 8.43. The summed E-state index contributed by atoms with van der Waals surface area (Å²) < 4.78 is 0. The minimum absolute atomic E-state index is 0.220. The summed E-state index contributed by atoms with van der Waals surface area (Å²) in [6, 6.07) is 0. The Morgan fingerprint density at radius 1 is 1.75 bits per heavy atom. The van der Waals surface area contributed by atoms with Gasteiger partial charge in [-0.1, -0.05) is 6.08 Å². The number of hydrogen-bond acceptors (Lipinski definition) is 2. The summed E-state index contributed by atoms with van der Waals surface area (Å²) in [7, 11) is 0. The van der Waals surface area contributed by atoms with Gasteiger partial charge in [-0.25, -0.2) is 0 Å². The van der Waals surface area contributed by atoms with E-state index in [4.69, 9.17) is 5.21 Å². The maximum Gasteiger partial charge on any atom is 0.0408 e. The van der Waals surface area contributed by atoms with E-state index in [0.29, 0.717) is 0 Å².